The fraction of sp³-hybridized carbons (Fsp3) is 0.227. The smallest absolute Gasteiger partial charge is 0.261 e. The van der Waals surface area contributed by atoms with Crippen LogP contribution in [0.3, 0.4) is 0 Å². The molecule has 1 fully saturated rings. The number of hydrogen-bond acceptors (Lipinski definition) is 5. The van der Waals surface area contributed by atoms with Crippen molar-refractivity contribution < 1.29 is 9.53 Å². The molecule has 1 amide bonds. The second kappa shape index (κ2) is 7.31. The number of carbonyl (C=O) groups is 1. The lowest BCUT2D eigenvalue weighted by atomic mass is 10.1. The molecule has 4 aromatic rings. The lowest BCUT2D eigenvalue weighted by Gasteiger charge is -2.10. The molecule has 2 aromatic carbocycles. The summed E-state index contributed by atoms with van der Waals surface area (Å²) < 4.78 is 5.54. The highest BCUT2D eigenvalue weighted by Gasteiger charge is 2.18. The highest BCUT2D eigenvalue weighted by molar-refractivity contribution is 5.99. The van der Waals surface area contributed by atoms with Crippen LogP contribution in [0.4, 0.5) is 5.69 Å². The summed E-state index contributed by atoms with van der Waals surface area (Å²) in [6, 6.07) is 12.5. The van der Waals surface area contributed by atoms with Gasteiger partial charge in [0, 0.05) is 24.1 Å². The molecule has 30 heavy (non-hydrogen) atoms. The largest absolute Gasteiger partial charge is 0.397 e. The minimum atomic E-state index is -0.320. The normalized spacial score (nSPS) is 16.3. The van der Waals surface area contributed by atoms with Crippen molar-refractivity contribution in [2.75, 3.05) is 18.9 Å². The molecule has 0 bridgehead atoms. The molecule has 0 saturated carbocycles. The van der Waals surface area contributed by atoms with Crippen LogP contribution in [-0.4, -0.2) is 40.1 Å². The zero-order valence-electron chi connectivity index (χ0n) is 16.2. The first kappa shape index (κ1) is 18.4. The van der Waals surface area contributed by atoms with E-state index in [-0.39, 0.29) is 23.1 Å². The Hall–Kier alpha value is -3.65. The number of hydrogen-bond donors (Lipinski definition) is 4. The van der Waals surface area contributed by atoms with Gasteiger partial charge < -0.3 is 25.8 Å². The van der Waals surface area contributed by atoms with Gasteiger partial charge in [-0.25, -0.2) is 4.98 Å². The average Bonchev–Trinajstić information content (AvgIpc) is 3.41. The Morgan fingerprint density at radius 2 is 2.07 bits per heavy atom. The minimum Gasteiger partial charge on any atom is -0.397 e. The Bertz CT molecular complexity index is 1320. The van der Waals surface area contributed by atoms with Crippen molar-refractivity contribution in [2.45, 2.75) is 18.9 Å². The van der Waals surface area contributed by atoms with Crippen molar-refractivity contribution >= 4 is 33.5 Å². The molecule has 0 radical (unpaired) electrons. The second-order valence-corrected chi connectivity index (χ2v) is 7.45. The number of anilines is 1. The number of para-hydroxylation sites is 1. The summed E-state index contributed by atoms with van der Waals surface area (Å²) in [6.45, 7) is 1.24. The number of aromatic amines is 2. The number of aromatic nitrogens is 3. The summed E-state index contributed by atoms with van der Waals surface area (Å²) in [5, 5.41) is 3.66. The molecule has 152 valence electrons. The van der Waals surface area contributed by atoms with Crippen LogP contribution in [0, 0.1) is 0 Å². The first-order chi connectivity index (χ1) is 14.6. The van der Waals surface area contributed by atoms with E-state index in [1.807, 2.05) is 18.2 Å². The number of H-pyrrole nitrogens is 2. The van der Waals surface area contributed by atoms with E-state index >= 15 is 0 Å². The van der Waals surface area contributed by atoms with E-state index in [0.717, 1.165) is 24.8 Å². The third-order valence-electron chi connectivity index (χ3n) is 5.46. The van der Waals surface area contributed by atoms with E-state index < -0.39 is 0 Å². The number of ether oxygens (including phenoxy) is 1. The standard InChI is InChI=1S/C22H21N5O3/c23-19-14-5-1-2-6-15(14)27-22(29)18(19)20-25-16-8-7-12(10-17(16)26-20)21(28)24-11-13-4-3-9-30-13/h1-2,5-8,10,13H,3-4,9,11H2,(H,24,28)(H,25,26)(H3,23,27,29). The van der Waals surface area contributed by atoms with Gasteiger partial charge in [-0.15, -0.1) is 0 Å². The Morgan fingerprint density at radius 3 is 2.90 bits per heavy atom. The lowest BCUT2D eigenvalue weighted by molar-refractivity contribution is 0.0858. The molecule has 0 spiro atoms. The zero-order chi connectivity index (χ0) is 20.7. The van der Waals surface area contributed by atoms with Gasteiger partial charge in [-0.05, 0) is 37.1 Å². The van der Waals surface area contributed by atoms with Gasteiger partial charge in [-0.2, -0.15) is 0 Å². The van der Waals surface area contributed by atoms with Crippen LogP contribution < -0.4 is 16.6 Å². The molecule has 2 aromatic heterocycles. The summed E-state index contributed by atoms with van der Waals surface area (Å²) >= 11 is 0. The van der Waals surface area contributed by atoms with Crippen LogP contribution in [-0.2, 0) is 4.74 Å². The number of benzene rings is 2. The first-order valence-corrected chi connectivity index (χ1v) is 9.90. The topological polar surface area (TPSA) is 126 Å². The van der Waals surface area contributed by atoms with E-state index in [1.165, 1.54) is 0 Å². The van der Waals surface area contributed by atoms with Gasteiger partial charge in [0.05, 0.1) is 28.3 Å². The summed E-state index contributed by atoms with van der Waals surface area (Å²) in [5.41, 5.74) is 9.11. The number of nitrogens with two attached hydrogens (primary N) is 1. The molecule has 8 heteroatoms. The molecule has 1 aliphatic rings. The molecular weight excluding hydrogens is 382 g/mol. The Balaban J connectivity index is 1.48. The highest BCUT2D eigenvalue weighted by atomic mass is 16.5. The van der Waals surface area contributed by atoms with Crippen LogP contribution in [0.5, 0.6) is 0 Å². The maximum Gasteiger partial charge on any atom is 0.261 e. The summed E-state index contributed by atoms with van der Waals surface area (Å²) in [5.74, 6) is 0.193. The number of nitrogens with zero attached hydrogens (tertiary/aromatic N) is 1. The molecule has 0 aliphatic carbocycles. The van der Waals surface area contributed by atoms with Crippen LogP contribution >= 0.6 is 0 Å². The molecule has 5 N–H and O–H groups in total. The maximum absolute atomic E-state index is 12.6. The van der Waals surface area contributed by atoms with Crippen molar-refractivity contribution in [3.63, 3.8) is 0 Å². The van der Waals surface area contributed by atoms with Crippen LogP contribution in [0.2, 0.25) is 0 Å². The number of pyridine rings is 1. The van der Waals surface area contributed by atoms with Gasteiger partial charge in [0.2, 0.25) is 0 Å². The number of nitrogens with one attached hydrogen (secondary N) is 3. The van der Waals surface area contributed by atoms with E-state index in [9.17, 15) is 9.59 Å². The van der Waals surface area contributed by atoms with E-state index in [4.69, 9.17) is 10.5 Å². The Morgan fingerprint density at radius 1 is 1.20 bits per heavy atom. The van der Waals surface area contributed by atoms with Gasteiger partial charge in [-0.1, -0.05) is 18.2 Å². The minimum absolute atomic E-state index is 0.0824. The molecule has 8 nitrogen and oxygen atoms in total. The van der Waals surface area contributed by atoms with Crippen LogP contribution in [0.1, 0.15) is 23.2 Å². The third-order valence-corrected chi connectivity index (χ3v) is 5.46. The quantitative estimate of drug-likeness (QED) is 0.417. The van der Waals surface area contributed by atoms with Gasteiger partial charge in [0.15, 0.2) is 0 Å². The predicted molar refractivity (Wildman–Crippen MR) is 115 cm³/mol. The molecule has 1 unspecified atom stereocenters. The fourth-order valence-corrected chi connectivity index (χ4v) is 3.89. The molecular formula is C22H21N5O3. The Kier molecular flexibility index (Phi) is 4.48. The zero-order valence-corrected chi connectivity index (χ0v) is 16.2. The summed E-state index contributed by atoms with van der Waals surface area (Å²) in [7, 11) is 0. The van der Waals surface area contributed by atoms with E-state index in [2.05, 4.69) is 20.3 Å². The number of nitrogen functional groups attached to an aromatic ring is 1. The number of rotatable bonds is 4. The van der Waals surface area contributed by atoms with Gasteiger partial charge in [-0.3, -0.25) is 9.59 Å². The highest BCUT2D eigenvalue weighted by Crippen LogP contribution is 2.28. The SMILES string of the molecule is Nc1c(-c2nc3ccc(C(=O)NCC4CCCO4)cc3[nH]2)c(=O)[nH]c2ccccc12. The Labute approximate surface area is 171 Å². The monoisotopic (exact) mass is 403 g/mol. The van der Waals surface area contributed by atoms with Crippen molar-refractivity contribution in [2.24, 2.45) is 0 Å². The number of carbonyl (C=O) groups excluding carboxylic acids is 1. The van der Waals surface area contributed by atoms with Crippen molar-refractivity contribution in [1.82, 2.24) is 20.3 Å². The summed E-state index contributed by atoms with van der Waals surface area (Å²) in [6.07, 6.45) is 2.07. The first-order valence-electron chi connectivity index (χ1n) is 9.90. The van der Waals surface area contributed by atoms with Gasteiger partial charge in [0.25, 0.3) is 11.5 Å². The van der Waals surface area contributed by atoms with Crippen molar-refractivity contribution in [1.29, 1.82) is 0 Å². The third kappa shape index (κ3) is 3.21. The predicted octanol–water partition coefficient (Wildman–Crippen LogP) is 2.56. The lowest BCUT2D eigenvalue weighted by Crippen LogP contribution is -2.31. The van der Waals surface area contributed by atoms with Crippen molar-refractivity contribution in [3.05, 3.63) is 58.4 Å². The van der Waals surface area contributed by atoms with E-state index in [1.54, 1.807) is 24.3 Å². The van der Waals surface area contributed by atoms with E-state index in [0.29, 0.717) is 40.2 Å². The molecule has 1 aliphatic heterocycles. The molecule has 3 heterocycles. The number of amides is 1. The van der Waals surface area contributed by atoms with Crippen LogP contribution in [0.15, 0.2) is 47.3 Å². The van der Waals surface area contributed by atoms with Gasteiger partial charge in [0.1, 0.15) is 11.4 Å². The molecule has 1 atom stereocenters. The van der Waals surface area contributed by atoms with Gasteiger partial charge >= 0.3 is 0 Å². The van der Waals surface area contributed by atoms with Crippen molar-refractivity contribution in [3.8, 4) is 11.4 Å². The number of imidazole rings is 1. The molecule has 1 saturated heterocycles. The second-order valence-electron chi connectivity index (χ2n) is 7.45. The number of fused-ring (bicyclic) bond motifs is 2. The maximum atomic E-state index is 12.6. The summed E-state index contributed by atoms with van der Waals surface area (Å²) in [4.78, 5) is 35.6. The fourth-order valence-electron chi connectivity index (χ4n) is 3.89. The molecule has 5 rings (SSSR count). The van der Waals surface area contributed by atoms with Crippen LogP contribution in [0.25, 0.3) is 33.3 Å². The average molecular weight is 403 g/mol.